The minimum atomic E-state index is -1.19. The van der Waals surface area contributed by atoms with E-state index in [2.05, 4.69) is 5.32 Å². The fourth-order valence-electron chi connectivity index (χ4n) is 2.89. The molecule has 2 fully saturated rings. The number of carboxylic acid groups (broad SMARTS) is 1. The second kappa shape index (κ2) is 6.06. The highest BCUT2D eigenvalue weighted by Gasteiger charge is 2.53. The molecule has 1 heterocycles. The lowest BCUT2D eigenvalue weighted by molar-refractivity contribution is -0.151. The van der Waals surface area contributed by atoms with Crippen LogP contribution >= 0.6 is 0 Å². The number of aliphatic hydroxyl groups is 1. The van der Waals surface area contributed by atoms with E-state index in [0.717, 1.165) is 4.90 Å². The van der Waals surface area contributed by atoms with E-state index in [9.17, 15) is 24.6 Å². The highest BCUT2D eigenvalue weighted by atomic mass is 16.4. The van der Waals surface area contributed by atoms with E-state index in [1.165, 1.54) is 0 Å². The zero-order valence-corrected chi connectivity index (χ0v) is 14.1. The number of nitriles is 1. The van der Waals surface area contributed by atoms with E-state index >= 15 is 0 Å². The number of rotatable bonds is 4. The van der Waals surface area contributed by atoms with Crippen molar-refractivity contribution < 1.29 is 24.6 Å². The molecule has 8 nitrogen and oxygen atoms in total. The van der Waals surface area contributed by atoms with Crippen LogP contribution in [0.4, 0.5) is 0 Å². The molecule has 0 spiro atoms. The van der Waals surface area contributed by atoms with Gasteiger partial charge in [0.1, 0.15) is 17.5 Å². The molecule has 0 bridgehead atoms. The Morgan fingerprint density at radius 2 is 1.92 bits per heavy atom. The topological polar surface area (TPSA) is 131 Å². The van der Waals surface area contributed by atoms with Gasteiger partial charge in [-0.15, -0.1) is 0 Å². The minimum Gasteiger partial charge on any atom is -0.480 e. The molecule has 1 aliphatic heterocycles. The predicted octanol–water partition coefficient (Wildman–Crippen LogP) is -0.133. The largest absolute Gasteiger partial charge is 0.480 e. The summed E-state index contributed by atoms with van der Waals surface area (Å²) in [6, 6.07) is -0.100. The summed E-state index contributed by atoms with van der Waals surface area (Å²) in [4.78, 5) is 37.7. The first-order valence-corrected chi connectivity index (χ1v) is 7.95. The highest BCUT2D eigenvalue weighted by Crippen LogP contribution is 2.45. The normalized spacial score (nSPS) is 26.4. The number of amides is 2. The fourth-order valence-corrected chi connectivity index (χ4v) is 2.89. The quantitative estimate of drug-likeness (QED) is 0.655. The molecule has 1 aliphatic carbocycles. The molecule has 1 saturated heterocycles. The monoisotopic (exact) mass is 337 g/mol. The van der Waals surface area contributed by atoms with Crippen molar-refractivity contribution in [2.75, 3.05) is 6.54 Å². The first-order valence-electron chi connectivity index (χ1n) is 7.95. The van der Waals surface area contributed by atoms with Gasteiger partial charge >= 0.3 is 5.97 Å². The Balaban J connectivity index is 2.22. The summed E-state index contributed by atoms with van der Waals surface area (Å²) in [5.41, 5.74) is -1.74. The van der Waals surface area contributed by atoms with Crippen molar-refractivity contribution in [3.05, 3.63) is 0 Å². The molecular weight excluding hydrogens is 314 g/mol. The van der Waals surface area contributed by atoms with E-state index in [1.54, 1.807) is 20.8 Å². The van der Waals surface area contributed by atoms with Crippen LogP contribution in [0.15, 0.2) is 0 Å². The van der Waals surface area contributed by atoms with E-state index < -0.39 is 46.8 Å². The van der Waals surface area contributed by atoms with Crippen molar-refractivity contribution in [1.29, 1.82) is 5.26 Å². The molecule has 0 aromatic heterocycles. The van der Waals surface area contributed by atoms with Gasteiger partial charge in [-0.25, -0.2) is 4.79 Å². The average molecular weight is 337 g/mol. The Bertz CT molecular complexity index is 600. The van der Waals surface area contributed by atoms with Crippen LogP contribution in [0.25, 0.3) is 0 Å². The van der Waals surface area contributed by atoms with E-state index in [0.29, 0.717) is 12.8 Å². The molecule has 132 valence electrons. The number of β-amino-alcohol motifs (C(OH)–C–C–N with tert-alkyl or cyclic N) is 1. The van der Waals surface area contributed by atoms with Gasteiger partial charge in [-0.1, -0.05) is 20.8 Å². The van der Waals surface area contributed by atoms with Gasteiger partial charge in [-0.05, 0) is 18.3 Å². The van der Waals surface area contributed by atoms with Crippen molar-refractivity contribution >= 4 is 17.8 Å². The maximum absolute atomic E-state index is 12.9. The average Bonchev–Trinajstić information content (AvgIpc) is 3.18. The molecule has 24 heavy (non-hydrogen) atoms. The molecule has 2 amide bonds. The standard InChI is InChI=1S/C16H23N3O5/c1-15(2,3)11(18-14(24)16(8-17)4-5-16)12(21)19-7-9(20)6-10(19)13(22)23/h9-11,20H,4-7H2,1-3H3,(H,18,24)(H,22,23)/t9-,10+,11-/m1/s1. The Morgan fingerprint density at radius 1 is 1.33 bits per heavy atom. The number of carbonyl (C=O) groups excluding carboxylic acids is 2. The molecule has 2 aliphatic rings. The van der Waals surface area contributed by atoms with Crippen LogP contribution in [0, 0.1) is 22.2 Å². The number of nitrogens with zero attached hydrogens (tertiary/aromatic N) is 2. The maximum atomic E-state index is 12.9. The molecule has 3 atom stereocenters. The number of likely N-dealkylation sites (tertiary alicyclic amines) is 1. The number of aliphatic carboxylic acids is 1. The fraction of sp³-hybridized carbons (Fsp3) is 0.750. The number of aliphatic hydroxyl groups excluding tert-OH is 1. The highest BCUT2D eigenvalue weighted by molar-refractivity contribution is 5.95. The van der Waals surface area contributed by atoms with Crippen LogP contribution in [-0.2, 0) is 14.4 Å². The molecule has 2 rings (SSSR count). The van der Waals surface area contributed by atoms with E-state index in [-0.39, 0.29) is 13.0 Å². The molecule has 0 aromatic carbocycles. The first kappa shape index (κ1) is 18.2. The molecule has 8 heteroatoms. The lowest BCUT2D eigenvalue weighted by Crippen LogP contribution is -2.57. The molecule has 0 unspecified atom stereocenters. The van der Waals surface area contributed by atoms with Crippen molar-refractivity contribution in [1.82, 2.24) is 10.2 Å². The van der Waals surface area contributed by atoms with Crippen LogP contribution in [-0.4, -0.2) is 57.6 Å². The lowest BCUT2D eigenvalue weighted by atomic mass is 9.85. The van der Waals surface area contributed by atoms with Gasteiger partial charge in [0.2, 0.25) is 11.8 Å². The summed E-state index contributed by atoms with van der Waals surface area (Å²) in [5.74, 6) is -2.23. The Kier molecular flexibility index (Phi) is 4.59. The molecular formula is C16H23N3O5. The maximum Gasteiger partial charge on any atom is 0.326 e. The van der Waals surface area contributed by atoms with Gasteiger partial charge in [-0.2, -0.15) is 5.26 Å². The number of hydrogen-bond acceptors (Lipinski definition) is 5. The summed E-state index contributed by atoms with van der Waals surface area (Å²) in [6.45, 7) is 5.18. The second-order valence-corrected chi connectivity index (χ2v) is 7.70. The lowest BCUT2D eigenvalue weighted by Gasteiger charge is -2.35. The summed E-state index contributed by atoms with van der Waals surface area (Å²) in [6.07, 6.45) is -0.0185. The van der Waals surface area contributed by atoms with E-state index in [1.807, 2.05) is 6.07 Å². The van der Waals surface area contributed by atoms with Gasteiger partial charge in [0, 0.05) is 13.0 Å². The predicted molar refractivity (Wildman–Crippen MR) is 82.4 cm³/mol. The third-order valence-corrected chi connectivity index (χ3v) is 4.63. The summed E-state index contributed by atoms with van der Waals surface area (Å²) < 4.78 is 0. The summed E-state index contributed by atoms with van der Waals surface area (Å²) >= 11 is 0. The SMILES string of the molecule is CC(C)(C)[C@H](NC(=O)C1(C#N)CC1)C(=O)N1C[C@H](O)C[C@H]1C(=O)O. The molecule has 3 N–H and O–H groups in total. The Hall–Kier alpha value is -2.14. The second-order valence-electron chi connectivity index (χ2n) is 7.70. The van der Waals surface area contributed by atoms with Gasteiger partial charge in [0.25, 0.3) is 0 Å². The first-order chi connectivity index (χ1) is 11.0. The minimum absolute atomic E-state index is 0.0337. The van der Waals surface area contributed by atoms with Crippen molar-refractivity contribution in [2.45, 2.75) is 58.2 Å². The van der Waals surface area contributed by atoms with Crippen molar-refractivity contribution in [3.8, 4) is 6.07 Å². The number of carbonyl (C=O) groups is 3. The van der Waals surface area contributed by atoms with Crippen molar-refractivity contribution in [2.24, 2.45) is 10.8 Å². The third kappa shape index (κ3) is 3.36. The smallest absolute Gasteiger partial charge is 0.326 e. The van der Waals surface area contributed by atoms with Crippen LogP contribution in [0.5, 0.6) is 0 Å². The third-order valence-electron chi connectivity index (χ3n) is 4.63. The van der Waals surface area contributed by atoms with Crippen LogP contribution < -0.4 is 5.32 Å². The van der Waals surface area contributed by atoms with Crippen LogP contribution in [0.2, 0.25) is 0 Å². The zero-order chi connectivity index (χ0) is 18.3. The van der Waals surface area contributed by atoms with E-state index in [4.69, 9.17) is 5.26 Å². The Morgan fingerprint density at radius 3 is 2.33 bits per heavy atom. The number of hydrogen-bond donors (Lipinski definition) is 3. The van der Waals surface area contributed by atoms with Gasteiger partial charge in [0.15, 0.2) is 0 Å². The molecule has 0 radical (unpaired) electrons. The zero-order valence-electron chi connectivity index (χ0n) is 14.1. The molecule has 0 aromatic rings. The van der Waals surface area contributed by atoms with Gasteiger partial charge in [0.05, 0.1) is 12.2 Å². The molecule has 1 saturated carbocycles. The van der Waals surface area contributed by atoms with Crippen LogP contribution in [0.1, 0.15) is 40.0 Å². The Labute approximate surface area is 140 Å². The van der Waals surface area contributed by atoms with Gasteiger partial charge in [-0.3, -0.25) is 9.59 Å². The number of carboxylic acids is 1. The summed E-state index contributed by atoms with van der Waals surface area (Å²) in [7, 11) is 0. The van der Waals surface area contributed by atoms with Crippen LogP contribution in [0.3, 0.4) is 0 Å². The summed E-state index contributed by atoms with van der Waals surface area (Å²) in [5, 5.41) is 30.7. The van der Waals surface area contributed by atoms with Gasteiger partial charge < -0.3 is 20.4 Å². The van der Waals surface area contributed by atoms with Crippen molar-refractivity contribution in [3.63, 3.8) is 0 Å². The number of nitrogens with one attached hydrogen (secondary N) is 1.